The summed E-state index contributed by atoms with van der Waals surface area (Å²) in [6.07, 6.45) is 0. The molecule has 7 nitrogen and oxygen atoms in total. The van der Waals surface area contributed by atoms with Gasteiger partial charge in [-0.15, -0.1) is 11.3 Å². The number of benzene rings is 1. The van der Waals surface area contributed by atoms with Crippen LogP contribution in [0.4, 0.5) is 10.8 Å². The van der Waals surface area contributed by atoms with Crippen LogP contribution in [0.1, 0.15) is 15.5 Å². The fourth-order valence-corrected chi connectivity index (χ4v) is 4.48. The number of hydrogen-bond acceptors (Lipinski definition) is 8. The van der Waals surface area contributed by atoms with Gasteiger partial charge in [-0.2, -0.15) is 0 Å². The lowest BCUT2D eigenvalue weighted by molar-refractivity contribution is 0.102. The van der Waals surface area contributed by atoms with E-state index in [4.69, 9.17) is 14.5 Å². The summed E-state index contributed by atoms with van der Waals surface area (Å²) in [4.78, 5) is 23.6. The van der Waals surface area contributed by atoms with Crippen LogP contribution in [-0.2, 0) is 16.1 Å². The summed E-state index contributed by atoms with van der Waals surface area (Å²) in [7, 11) is 1.61. The van der Waals surface area contributed by atoms with E-state index < -0.39 is 0 Å². The standard InChI is InChI=1S/C17H18N4O3S2/c1-23-9-15-19-13(10-25-15)16(22)18-11-2-3-12-14(8-11)26-17(20-12)21-4-6-24-7-5-21/h2-3,8,10H,4-7,9H2,1H3,(H,18,22). The van der Waals surface area contributed by atoms with Gasteiger partial charge in [0.25, 0.3) is 5.91 Å². The van der Waals surface area contributed by atoms with Gasteiger partial charge < -0.3 is 19.7 Å². The molecule has 0 saturated carbocycles. The number of methoxy groups -OCH3 is 1. The molecule has 0 aliphatic carbocycles. The molecule has 1 aromatic carbocycles. The maximum Gasteiger partial charge on any atom is 0.275 e. The molecule has 26 heavy (non-hydrogen) atoms. The number of nitrogens with one attached hydrogen (secondary N) is 1. The third-order valence-electron chi connectivity index (χ3n) is 3.97. The average molecular weight is 390 g/mol. The zero-order chi connectivity index (χ0) is 17.9. The van der Waals surface area contributed by atoms with Crippen LogP contribution in [0.5, 0.6) is 0 Å². The summed E-state index contributed by atoms with van der Waals surface area (Å²) in [6.45, 7) is 3.59. The van der Waals surface area contributed by atoms with Gasteiger partial charge in [-0.25, -0.2) is 9.97 Å². The van der Waals surface area contributed by atoms with Crippen LogP contribution < -0.4 is 10.2 Å². The molecule has 0 unspecified atom stereocenters. The number of fused-ring (bicyclic) bond motifs is 1. The summed E-state index contributed by atoms with van der Waals surface area (Å²) in [5.74, 6) is -0.221. The van der Waals surface area contributed by atoms with Crippen LogP contribution in [0.3, 0.4) is 0 Å². The van der Waals surface area contributed by atoms with Crippen molar-refractivity contribution in [3.05, 3.63) is 34.3 Å². The van der Waals surface area contributed by atoms with Crippen molar-refractivity contribution in [3.63, 3.8) is 0 Å². The Morgan fingerprint density at radius 1 is 1.35 bits per heavy atom. The number of amides is 1. The van der Waals surface area contributed by atoms with Gasteiger partial charge in [0, 0.05) is 31.3 Å². The van der Waals surface area contributed by atoms with Crippen molar-refractivity contribution < 1.29 is 14.3 Å². The molecule has 0 bridgehead atoms. The summed E-state index contributed by atoms with van der Waals surface area (Å²) in [6, 6.07) is 5.76. The lowest BCUT2D eigenvalue weighted by Crippen LogP contribution is -2.36. The quantitative estimate of drug-likeness (QED) is 0.722. The zero-order valence-electron chi connectivity index (χ0n) is 14.2. The number of hydrogen-bond donors (Lipinski definition) is 1. The van der Waals surface area contributed by atoms with Crippen LogP contribution in [0.15, 0.2) is 23.6 Å². The third kappa shape index (κ3) is 3.70. The maximum absolute atomic E-state index is 12.4. The van der Waals surface area contributed by atoms with Crippen molar-refractivity contribution in [2.75, 3.05) is 43.6 Å². The van der Waals surface area contributed by atoms with Gasteiger partial charge in [-0.1, -0.05) is 11.3 Å². The molecule has 1 aliphatic rings. The molecule has 1 saturated heterocycles. The van der Waals surface area contributed by atoms with E-state index >= 15 is 0 Å². The lowest BCUT2D eigenvalue weighted by atomic mass is 10.3. The van der Waals surface area contributed by atoms with Gasteiger partial charge in [-0.05, 0) is 18.2 Å². The van der Waals surface area contributed by atoms with Crippen LogP contribution >= 0.6 is 22.7 Å². The predicted molar refractivity (Wildman–Crippen MR) is 103 cm³/mol. The van der Waals surface area contributed by atoms with Gasteiger partial charge in [0.1, 0.15) is 10.7 Å². The average Bonchev–Trinajstić information content (AvgIpc) is 3.29. The van der Waals surface area contributed by atoms with Crippen molar-refractivity contribution in [1.29, 1.82) is 0 Å². The van der Waals surface area contributed by atoms with E-state index in [0.29, 0.717) is 12.3 Å². The molecule has 1 fully saturated rings. The molecule has 2 aromatic heterocycles. The SMILES string of the molecule is COCc1nc(C(=O)Nc2ccc3nc(N4CCOCC4)sc3c2)cs1. The highest BCUT2D eigenvalue weighted by atomic mass is 32.1. The summed E-state index contributed by atoms with van der Waals surface area (Å²) in [5, 5.41) is 6.42. The van der Waals surface area contributed by atoms with Crippen LogP contribution in [0, 0.1) is 0 Å². The molecule has 9 heteroatoms. The van der Waals surface area contributed by atoms with Crippen LogP contribution in [-0.4, -0.2) is 49.3 Å². The van der Waals surface area contributed by atoms with E-state index in [2.05, 4.69) is 15.2 Å². The second-order valence-electron chi connectivity index (χ2n) is 5.79. The zero-order valence-corrected chi connectivity index (χ0v) is 15.9. The maximum atomic E-state index is 12.4. The minimum absolute atomic E-state index is 0.221. The largest absolute Gasteiger partial charge is 0.378 e. The normalized spacial score (nSPS) is 14.7. The third-order valence-corrected chi connectivity index (χ3v) is 5.87. The van der Waals surface area contributed by atoms with Gasteiger partial charge in [0.2, 0.25) is 0 Å². The van der Waals surface area contributed by atoms with Crippen LogP contribution in [0.25, 0.3) is 10.2 Å². The summed E-state index contributed by atoms with van der Waals surface area (Å²) < 4.78 is 11.5. The number of aromatic nitrogens is 2. The van der Waals surface area contributed by atoms with E-state index in [9.17, 15) is 4.79 Å². The van der Waals surface area contributed by atoms with E-state index in [1.165, 1.54) is 11.3 Å². The minimum atomic E-state index is -0.221. The van der Waals surface area contributed by atoms with Gasteiger partial charge in [-0.3, -0.25) is 4.79 Å². The molecule has 3 aromatic rings. The predicted octanol–water partition coefficient (Wildman–Crippen LogP) is 2.99. The number of rotatable bonds is 5. The fraction of sp³-hybridized carbons (Fsp3) is 0.353. The lowest BCUT2D eigenvalue weighted by Gasteiger charge is -2.25. The van der Waals surface area contributed by atoms with Crippen molar-refractivity contribution in [2.24, 2.45) is 0 Å². The molecular formula is C17H18N4O3S2. The Kier molecular flexibility index (Phi) is 5.11. The van der Waals surface area contributed by atoms with Crippen LogP contribution in [0.2, 0.25) is 0 Å². The van der Waals surface area contributed by atoms with E-state index in [1.807, 2.05) is 18.2 Å². The molecule has 0 radical (unpaired) electrons. The van der Waals surface area contributed by atoms with Crippen molar-refractivity contribution in [3.8, 4) is 0 Å². The highest BCUT2D eigenvalue weighted by Gasteiger charge is 2.16. The first-order chi connectivity index (χ1) is 12.7. The second kappa shape index (κ2) is 7.67. The topological polar surface area (TPSA) is 76.6 Å². The Hall–Kier alpha value is -2.07. The highest BCUT2D eigenvalue weighted by molar-refractivity contribution is 7.22. The number of ether oxygens (including phenoxy) is 2. The van der Waals surface area contributed by atoms with Crippen molar-refractivity contribution in [2.45, 2.75) is 6.61 Å². The molecule has 1 amide bonds. The summed E-state index contributed by atoms with van der Waals surface area (Å²) in [5.41, 5.74) is 2.08. The summed E-state index contributed by atoms with van der Waals surface area (Å²) >= 11 is 3.04. The van der Waals surface area contributed by atoms with E-state index in [1.54, 1.807) is 23.8 Å². The first-order valence-corrected chi connectivity index (χ1v) is 9.90. The Balaban J connectivity index is 1.50. The van der Waals surface area contributed by atoms with E-state index in [0.717, 1.165) is 52.3 Å². The smallest absolute Gasteiger partial charge is 0.275 e. The molecular weight excluding hydrogens is 372 g/mol. The minimum Gasteiger partial charge on any atom is -0.378 e. The molecule has 4 rings (SSSR count). The molecule has 1 N–H and O–H groups in total. The number of thiazole rings is 2. The highest BCUT2D eigenvalue weighted by Crippen LogP contribution is 2.31. The molecule has 136 valence electrons. The van der Waals surface area contributed by atoms with Crippen molar-refractivity contribution in [1.82, 2.24) is 9.97 Å². The molecule has 0 spiro atoms. The van der Waals surface area contributed by atoms with Gasteiger partial charge in [0.15, 0.2) is 5.13 Å². The number of carbonyl (C=O) groups is 1. The monoisotopic (exact) mass is 390 g/mol. The molecule has 0 atom stereocenters. The first kappa shape index (κ1) is 17.3. The number of nitrogens with zero attached hydrogens (tertiary/aromatic N) is 3. The number of anilines is 2. The fourth-order valence-electron chi connectivity index (χ4n) is 2.68. The Labute approximate surface area is 158 Å². The van der Waals surface area contributed by atoms with Crippen molar-refractivity contribution >= 4 is 49.6 Å². The molecule has 1 aliphatic heterocycles. The molecule has 3 heterocycles. The second-order valence-corrected chi connectivity index (χ2v) is 7.74. The van der Waals surface area contributed by atoms with Gasteiger partial charge >= 0.3 is 0 Å². The Morgan fingerprint density at radius 2 is 2.19 bits per heavy atom. The first-order valence-electron chi connectivity index (χ1n) is 8.21. The number of carbonyl (C=O) groups excluding carboxylic acids is 1. The number of morpholine rings is 1. The Morgan fingerprint density at radius 3 is 3.00 bits per heavy atom. The van der Waals surface area contributed by atoms with E-state index in [-0.39, 0.29) is 5.91 Å². The Bertz CT molecular complexity index is 918. The van der Waals surface area contributed by atoms with Gasteiger partial charge in [0.05, 0.1) is 30.0 Å².